The number of ketones is 1. The quantitative estimate of drug-likeness (QED) is 0.785. The van der Waals surface area contributed by atoms with Gasteiger partial charge in [-0.3, -0.25) is 4.79 Å². The summed E-state index contributed by atoms with van der Waals surface area (Å²) in [6.07, 6.45) is 2.60. The van der Waals surface area contributed by atoms with Crippen LogP contribution in [-0.2, 0) is 13.0 Å². The zero-order chi connectivity index (χ0) is 13.2. The van der Waals surface area contributed by atoms with Gasteiger partial charge in [0.2, 0.25) is 5.78 Å². The first kappa shape index (κ1) is 11.9. The van der Waals surface area contributed by atoms with Crippen LogP contribution in [0.4, 0.5) is 0 Å². The number of rotatable bonds is 4. The van der Waals surface area contributed by atoms with Crippen LogP contribution in [-0.4, -0.2) is 26.9 Å². The molecular weight excluding hydrogens is 242 g/mol. The van der Waals surface area contributed by atoms with E-state index in [0.717, 1.165) is 17.7 Å². The van der Waals surface area contributed by atoms with Crippen molar-refractivity contribution in [3.8, 4) is 5.75 Å². The molecule has 5 heteroatoms. The molecular formula is C14H15N3O2. The highest BCUT2D eigenvalue weighted by Crippen LogP contribution is 2.29. The molecule has 5 nitrogen and oxygen atoms in total. The Kier molecular flexibility index (Phi) is 3.03. The fraction of sp³-hybridized carbons (Fsp3) is 0.357. The van der Waals surface area contributed by atoms with Gasteiger partial charge in [0.05, 0.1) is 6.20 Å². The van der Waals surface area contributed by atoms with E-state index in [9.17, 15) is 4.79 Å². The van der Waals surface area contributed by atoms with Gasteiger partial charge in [-0.25, -0.2) is 4.68 Å². The Bertz CT molecular complexity index is 581. The first-order valence-electron chi connectivity index (χ1n) is 6.47. The average molecular weight is 257 g/mol. The van der Waals surface area contributed by atoms with Crippen LogP contribution < -0.4 is 4.74 Å². The molecule has 0 saturated carbocycles. The highest BCUT2D eigenvalue weighted by atomic mass is 16.5. The van der Waals surface area contributed by atoms with Crippen molar-refractivity contribution < 1.29 is 9.53 Å². The third-order valence-corrected chi connectivity index (χ3v) is 3.25. The topological polar surface area (TPSA) is 57.0 Å². The zero-order valence-electron chi connectivity index (χ0n) is 10.7. The van der Waals surface area contributed by atoms with Crippen LogP contribution in [0.1, 0.15) is 29.4 Å². The maximum atomic E-state index is 12.4. The average Bonchev–Trinajstić information content (AvgIpc) is 3.04. The zero-order valence-corrected chi connectivity index (χ0v) is 10.7. The van der Waals surface area contributed by atoms with E-state index in [1.54, 1.807) is 4.68 Å². The van der Waals surface area contributed by atoms with E-state index in [0.29, 0.717) is 18.7 Å². The number of nitrogens with zero attached hydrogens (tertiary/aromatic N) is 3. The smallest absolute Gasteiger partial charge is 0.223 e. The first-order valence-corrected chi connectivity index (χ1v) is 6.47. The number of benzene rings is 1. The van der Waals surface area contributed by atoms with E-state index >= 15 is 0 Å². The molecule has 1 aliphatic rings. The summed E-state index contributed by atoms with van der Waals surface area (Å²) in [5, 5.41) is 7.76. The highest BCUT2D eigenvalue weighted by molar-refractivity contribution is 5.98. The molecule has 19 heavy (non-hydrogen) atoms. The summed E-state index contributed by atoms with van der Waals surface area (Å²) in [6, 6.07) is 7.75. The van der Waals surface area contributed by atoms with Crippen LogP contribution in [0.5, 0.6) is 5.75 Å². The van der Waals surface area contributed by atoms with E-state index in [-0.39, 0.29) is 5.78 Å². The van der Waals surface area contributed by atoms with Crippen molar-refractivity contribution in [3.05, 3.63) is 41.7 Å². The third kappa shape index (κ3) is 2.12. The number of ether oxygens (including phenoxy) is 1. The lowest BCUT2D eigenvalue weighted by Crippen LogP contribution is -2.27. The Labute approximate surface area is 111 Å². The Balaban J connectivity index is 1.81. The highest BCUT2D eigenvalue weighted by Gasteiger charge is 2.31. The summed E-state index contributed by atoms with van der Waals surface area (Å²) in [7, 11) is 0. The summed E-state index contributed by atoms with van der Waals surface area (Å²) in [4.78, 5) is 12.4. The van der Waals surface area contributed by atoms with Crippen molar-refractivity contribution in [2.75, 3.05) is 0 Å². The number of Topliss-reactive ketones (excluding diaryl/α,β-unsaturated/α-hetero) is 1. The molecule has 0 saturated heterocycles. The second-order valence-corrected chi connectivity index (χ2v) is 4.62. The van der Waals surface area contributed by atoms with Gasteiger partial charge < -0.3 is 4.74 Å². The van der Waals surface area contributed by atoms with Crippen LogP contribution in [0.25, 0.3) is 0 Å². The predicted molar refractivity (Wildman–Crippen MR) is 69.2 cm³/mol. The predicted octanol–water partition coefficient (Wildman–Crippen LogP) is 1.87. The van der Waals surface area contributed by atoms with Crippen LogP contribution in [0.2, 0.25) is 0 Å². The molecule has 0 radical (unpaired) electrons. The molecule has 98 valence electrons. The minimum Gasteiger partial charge on any atom is -0.482 e. The number of hydrogen-bond donors (Lipinski definition) is 0. The van der Waals surface area contributed by atoms with Crippen LogP contribution in [0.3, 0.4) is 0 Å². The van der Waals surface area contributed by atoms with Gasteiger partial charge in [0, 0.05) is 13.0 Å². The second-order valence-electron chi connectivity index (χ2n) is 4.62. The summed E-state index contributed by atoms with van der Waals surface area (Å²) < 4.78 is 7.35. The Morgan fingerprint density at radius 3 is 3.11 bits per heavy atom. The van der Waals surface area contributed by atoms with Crippen molar-refractivity contribution >= 4 is 5.78 Å². The number of carbonyl (C=O) groups is 1. The van der Waals surface area contributed by atoms with E-state index < -0.39 is 6.10 Å². The van der Waals surface area contributed by atoms with Gasteiger partial charge in [0.1, 0.15) is 11.4 Å². The van der Waals surface area contributed by atoms with Crippen LogP contribution in [0, 0.1) is 0 Å². The monoisotopic (exact) mass is 257 g/mol. The van der Waals surface area contributed by atoms with E-state index in [1.165, 1.54) is 6.20 Å². The van der Waals surface area contributed by atoms with Gasteiger partial charge in [0.25, 0.3) is 0 Å². The molecule has 1 aliphatic heterocycles. The number of hydrogen-bond acceptors (Lipinski definition) is 4. The Morgan fingerprint density at radius 2 is 2.32 bits per heavy atom. The molecule has 0 bridgehead atoms. The van der Waals surface area contributed by atoms with Gasteiger partial charge in [-0.1, -0.05) is 30.3 Å². The number of fused-ring (bicyclic) bond motifs is 1. The fourth-order valence-corrected chi connectivity index (χ4v) is 2.32. The Morgan fingerprint density at radius 1 is 1.47 bits per heavy atom. The van der Waals surface area contributed by atoms with Gasteiger partial charge in [-0.15, -0.1) is 5.10 Å². The maximum absolute atomic E-state index is 12.4. The largest absolute Gasteiger partial charge is 0.482 e. The van der Waals surface area contributed by atoms with Crippen LogP contribution in [0.15, 0.2) is 30.5 Å². The van der Waals surface area contributed by atoms with Crippen LogP contribution >= 0.6 is 0 Å². The molecule has 1 aromatic heterocycles. The molecule has 2 aromatic rings. The lowest BCUT2D eigenvalue weighted by Gasteiger charge is -2.10. The number of carbonyl (C=O) groups excluding carboxylic acids is 1. The number of aryl methyl sites for hydroxylation is 1. The number of para-hydroxylation sites is 1. The lowest BCUT2D eigenvalue weighted by molar-refractivity contribution is 0.0813. The van der Waals surface area contributed by atoms with Gasteiger partial charge in [0.15, 0.2) is 6.10 Å². The lowest BCUT2D eigenvalue weighted by atomic mass is 10.1. The number of aromatic nitrogens is 3. The van der Waals surface area contributed by atoms with Crippen molar-refractivity contribution in [1.29, 1.82) is 0 Å². The molecule has 0 spiro atoms. The minimum absolute atomic E-state index is 0.0466. The molecule has 0 aliphatic carbocycles. The summed E-state index contributed by atoms with van der Waals surface area (Å²) in [6.45, 7) is 2.73. The molecule has 0 N–H and O–H groups in total. The summed E-state index contributed by atoms with van der Waals surface area (Å²) in [5.41, 5.74) is 1.61. The van der Waals surface area contributed by atoms with Gasteiger partial charge in [-0.05, 0) is 18.1 Å². The molecule has 1 unspecified atom stereocenters. The molecule has 0 fully saturated rings. The molecule has 1 atom stereocenters. The SMILES string of the molecule is CCCn1nncc1C(=O)C1Cc2ccccc2O1. The van der Waals surface area contributed by atoms with Gasteiger partial charge in [-0.2, -0.15) is 0 Å². The third-order valence-electron chi connectivity index (χ3n) is 3.25. The first-order chi connectivity index (χ1) is 9.29. The molecule has 2 heterocycles. The van der Waals surface area contributed by atoms with E-state index in [4.69, 9.17) is 4.74 Å². The molecule has 3 rings (SSSR count). The maximum Gasteiger partial charge on any atom is 0.223 e. The van der Waals surface area contributed by atoms with Crippen molar-refractivity contribution in [2.45, 2.75) is 32.4 Å². The fourth-order valence-electron chi connectivity index (χ4n) is 2.32. The Hall–Kier alpha value is -2.17. The summed E-state index contributed by atoms with van der Waals surface area (Å²) >= 11 is 0. The minimum atomic E-state index is -0.452. The molecule has 1 aromatic carbocycles. The summed E-state index contributed by atoms with van der Waals surface area (Å²) in [5.74, 6) is 0.755. The van der Waals surface area contributed by atoms with E-state index in [1.807, 2.05) is 31.2 Å². The van der Waals surface area contributed by atoms with Gasteiger partial charge >= 0.3 is 0 Å². The normalized spacial score (nSPS) is 17.0. The second kappa shape index (κ2) is 4.84. The van der Waals surface area contributed by atoms with Crippen molar-refractivity contribution in [1.82, 2.24) is 15.0 Å². The standard InChI is InChI=1S/C14H15N3O2/c1-2-7-17-11(9-15-16-17)14(18)13-8-10-5-3-4-6-12(10)19-13/h3-6,9,13H,2,7-8H2,1H3. The molecule has 0 amide bonds. The van der Waals surface area contributed by atoms with E-state index in [2.05, 4.69) is 10.3 Å². The van der Waals surface area contributed by atoms with Crippen molar-refractivity contribution in [3.63, 3.8) is 0 Å². The van der Waals surface area contributed by atoms with Crippen molar-refractivity contribution in [2.24, 2.45) is 0 Å².